The minimum Gasteiger partial charge on any atom is -0.353 e. The molecule has 2 rings (SSSR count). The molecule has 0 aromatic carbocycles. The molecule has 1 heterocycles. The number of nitrogens with zero attached hydrogens (tertiary/aromatic N) is 1. The van der Waals surface area contributed by atoms with E-state index in [0.717, 1.165) is 51.4 Å². The highest BCUT2D eigenvalue weighted by Crippen LogP contribution is 2.23. The summed E-state index contributed by atoms with van der Waals surface area (Å²) < 4.78 is 0. The van der Waals surface area contributed by atoms with E-state index in [0.29, 0.717) is 13.1 Å². The minimum absolute atomic E-state index is 0.0174. The van der Waals surface area contributed by atoms with Crippen LogP contribution >= 0.6 is 0 Å². The van der Waals surface area contributed by atoms with Crippen LogP contribution in [0.1, 0.15) is 79.1 Å². The molecular weight excluding hydrogens is 354 g/mol. The predicted octanol–water partition coefficient (Wildman–Crippen LogP) is 2.86. The van der Waals surface area contributed by atoms with Gasteiger partial charge in [-0.1, -0.05) is 27.7 Å². The fourth-order valence-corrected chi connectivity index (χ4v) is 4.08. The third-order valence-electron chi connectivity index (χ3n) is 6.69. The minimum atomic E-state index is 0.0174. The maximum absolute atomic E-state index is 12.6. The summed E-state index contributed by atoms with van der Waals surface area (Å²) in [5.74, 6) is 0.663. The Balaban J connectivity index is 1.69. The molecule has 0 bridgehead atoms. The van der Waals surface area contributed by atoms with E-state index >= 15 is 0 Å². The lowest BCUT2D eigenvalue weighted by Crippen LogP contribution is -2.48. The number of rotatable bonds is 7. The summed E-state index contributed by atoms with van der Waals surface area (Å²) in [6.45, 7) is 9.38. The van der Waals surface area contributed by atoms with Crippen molar-refractivity contribution in [3.05, 3.63) is 0 Å². The first-order valence-corrected chi connectivity index (χ1v) is 11.2. The number of carbonyl (C=O) groups is 3. The van der Waals surface area contributed by atoms with Gasteiger partial charge < -0.3 is 15.5 Å². The summed E-state index contributed by atoms with van der Waals surface area (Å²) in [5.41, 5.74) is 0. The lowest BCUT2D eigenvalue weighted by Gasteiger charge is -2.35. The second-order valence-corrected chi connectivity index (χ2v) is 8.78. The van der Waals surface area contributed by atoms with Gasteiger partial charge in [-0.3, -0.25) is 14.4 Å². The van der Waals surface area contributed by atoms with Crippen LogP contribution in [-0.2, 0) is 14.4 Å². The number of piperidine rings is 1. The SMILES string of the molecule is CCC(C)C(=O)NC1CCC(NC(=O)C2CCN(C(=O)C(C)CC)CC2)CC1. The molecule has 1 saturated heterocycles. The van der Waals surface area contributed by atoms with Gasteiger partial charge in [0.15, 0.2) is 0 Å². The first-order valence-electron chi connectivity index (χ1n) is 11.2. The number of likely N-dealkylation sites (tertiary alicyclic amines) is 1. The van der Waals surface area contributed by atoms with Gasteiger partial charge in [0.2, 0.25) is 17.7 Å². The molecule has 0 aromatic rings. The molecule has 2 aliphatic rings. The van der Waals surface area contributed by atoms with Gasteiger partial charge in [0.05, 0.1) is 0 Å². The zero-order valence-corrected chi connectivity index (χ0v) is 18.1. The Hall–Kier alpha value is -1.59. The van der Waals surface area contributed by atoms with Gasteiger partial charge >= 0.3 is 0 Å². The molecule has 28 heavy (non-hydrogen) atoms. The van der Waals surface area contributed by atoms with Gasteiger partial charge in [-0.05, 0) is 51.4 Å². The van der Waals surface area contributed by atoms with Crippen LogP contribution in [0.4, 0.5) is 0 Å². The van der Waals surface area contributed by atoms with Crippen LogP contribution in [0.25, 0.3) is 0 Å². The van der Waals surface area contributed by atoms with Gasteiger partial charge in [-0.15, -0.1) is 0 Å². The van der Waals surface area contributed by atoms with Crippen LogP contribution in [-0.4, -0.2) is 47.8 Å². The Labute approximate surface area is 170 Å². The second kappa shape index (κ2) is 10.8. The molecule has 1 aliphatic carbocycles. The maximum atomic E-state index is 12.6. The van der Waals surface area contributed by atoms with E-state index in [9.17, 15) is 14.4 Å². The van der Waals surface area contributed by atoms with Crippen LogP contribution in [0, 0.1) is 17.8 Å². The molecule has 160 valence electrons. The summed E-state index contributed by atoms with van der Waals surface area (Å²) in [5, 5.41) is 6.37. The number of amides is 3. The molecule has 2 fully saturated rings. The van der Waals surface area contributed by atoms with Crippen LogP contribution in [0.2, 0.25) is 0 Å². The Bertz CT molecular complexity index is 535. The van der Waals surface area contributed by atoms with Crippen LogP contribution in [0.15, 0.2) is 0 Å². The average molecular weight is 394 g/mol. The van der Waals surface area contributed by atoms with Gasteiger partial charge in [0.1, 0.15) is 0 Å². The Morgan fingerprint density at radius 1 is 0.821 bits per heavy atom. The predicted molar refractivity (Wildman–Crippen MR) is 111 cm³/mol. The highest BCUT2D eigenvalue weighted by molar-refractivity contribution is 5.81. The fourth-order valence-electron chi connectivity index (χ4n) is 4.08. The van der Waals surface area contributed by atoms with Gasteiger partial charge in [-0.2, -0.15) is 0 Å². The molecule has 3 amide bonds. The molecule has 0 aromatic heterocycles. The van der Waals surface area contributed by atoms with E-state index in [1.807, 2.05) is 32.6 Å². The summed E-state index contributed by atoms with van der Waals surface area (Å²) in [4.78, 5) is 38.9. The highest BCUT2D eigenvalue weighted by atomic mass is 16.2. The van der Waals surface area contributed by atoms with Crippen molar-refractivity contribution in [2.45, 2.75) is 91.1 Å². The van der Waals surface area contributed by atoms with Crippen molar-refractivity contribution in [1.29, 1.82) is 0 Å². The number of hydrogen-bond acceptors (Lipinski definition) is 3. The first kappa shape index (κ1) is 22.7. The molecule has 6 heteroatoms. The topological polar surface area (TPSA) is 78.5 Å². The Kier molecular flexibility index (Phi) is 8.77. The van der Waals surface area contributed by atoms with E-state index in [1.54, 1.807) is 0 Å². The number of hydrogen-bond donors (Lipinski definition) is 2. The number of nitrogens with one attached hydrogen (secondary N) is 2. The normalized spacial score (nSPS) is 25.6. The molecule has 2 unspecified atom stereocenters. The summed E-state index contributed by atoms with van der Waals surface area (Å²) in [7, 11) is 0. The standard InChI is InChI=1S/C22H39N3O3/c1-5-15(3)20(26)23-18-7-9-19(10-8-18)24-21(27)17-11-13-25(14-12-17)22(28)16(4)6-2/h15-19H,5-14H2,1-4H3,(H,23,26)(H,24,27). The lowest BCUT2D eigenvalue weighted by molar-refractivity contribution is -0.138. The van der Waals surface area contributed by atoms with E-state index in [-0.39, 0.29) is 47.6 Å². The largest absolute Gasteiger partial charge is 0.353 e. The van der Waals surface area contributed by atoms with Gasteiger partial charge in [-0.25, -0.2) is 0 Å². The van der Waals surface area contributed by atoms with Crippen molar-refractivity contribution in [3.63, 3.8) is 0 Å². The van der Waals surface area contributed by atoms with Gasteiger partial charge in [0, 0.05) is 42.9 Å². The number of carbonyl (C=O) groups excluding carboxylic acids is 3. The maximum Gasteiger partial charge on any atom is 0.225 e. The zero-order chi connectivity index (χ0) is 20.7. The zero-order valence-electron chi connectivity index (χ0n) is 18.1. The molecule has 0 spiro atoms. The van der Waals surface area contributed by atoms with E-state index in [2.05, 4.69) is 10.6 Å². The summed E-state index contributed by atoms with van der Waals surface area (Å²) in [6, 6.07) is 0.452. The van der Waals surface area contributed by atoms with E-state index in [4.69, 9.17) is 0 Å². The van der Waals surface area contributed by atoms with Crippen molar-refractivity contribution in [2.24, 2.45) is 17.8 Å². The molecule has 2 atom stereocenters. The highest BCUT2D eigenvalue weighted by Gasteiger charge is 2.31. The van der Waals surface area contributed by atoms with Crippen LogP contribution < -0.4 is 10.6 Å². The first-order chi connectivity index (χ1) is 13.3. The lowest BCUT2D eigenvalue weighted by atomic mass is 9.89. The Morgan fingerprint density at radius 3 is 1.82 bits per heavy atom. The molecule has 2 N–H and O–H groups in total. The van der Waals surface area contributed by atoms with E-state index in [1.165, 1.54) is 0 Å². The quantitative estimate of drug-likeness (QED) is 0.698. The van der Waals surface area contributed by atoms with Crippen molar-refractivity contribution in [3.8, 4) is 0 Å². The second-order valence-electron chi connectivity index (χ2n) is 8.78. The molecule has 1 saturated carbocycles. The average Bonchev–Trinajstić information content (AvgIpc) is 2.73. The van der Waals surface area contributed by atoms with Gasteiger partial charge in [0.25, 0.3) is 0 Å². The molecule has 6 nitrogen and oxygen atoms in total. The van der Waals surface area contributed by atoms with Crippen LogP contribution in [0.5, 0.6) is 0 Å². The van der Waals surface area contributed by atoms with Crippen molar-refractivity contribution in [2.75, 3.05) is 13.1 Å². The molecular formula is C22H39N3O3. The Morgan fingerprint density at radius 2 is 1.32 bits per heavy atom. The summed E-state index contributed by atoms with van der Waals surface area (Å²) >= 11 is 0. The summed E-state index contributed by atoms with van der Waals surface area (Å²) in [6.07, 6.45) is 6.93. The fraction of sp³-hybridized carbons (Fsp3) is 0.864. The van der Waals surface area contributed by atoms with Crippen molar-refractivity contribution >= 4 is 17.7 Å². The molecule has 1 aliphatic heterocycles. The van der Waals surface area contributed by atoms with Crippen LogP contribution in [0.3, 0.4) is 0 Å². The third kappa shape index (κ3) is 6.21. The van der Waals surface area contributed by atoms with E-state index < -0.39 is 0 Å². The monoisotopic (exact) mass is 393 g/mol. The molecule has 0 radical (unpaired) electrons. The van der Waals surface area contributed by atoms with Crippen molar-refractivity contribution < 1.29 is 14.4 Å². The van der Waals surface area contributed by atoms with Crippen molar-refractivity contribution in [1.82, 2.24) is 15.5 Å². The third-order valence-corrected chi connectivity index (χ3v) is 6.69. The smallest absolute Gasteiger partial charge is 0.225 e.